The molecule has 1 unspecified atom stereocenters. The second-order valence-electron chi connectivity index (χ2n) is 10.9. The molecule has 1 aromatic carbocycles. The quantitative estimate of drug-likeness (QED) is 0.212. The molecule has 0 spiro atoms. The van der Waals surface area contributed by atoms with Crippen molar-refractivity contribution in [2.24, 2.45) is 11.3 Å². The van der Waals surface area contributed by atoms with Gasteiger partial charge >= 0.3 is 5.97 Å². The number of hydrogen-bond donors (Lipinski definition) is 3. The Bertz CT molecular complexity index is 1140. The number of nitrogens with one attached hydrogen (secondary N) is 2. The van der Waals surface area contributed by atoms with Gasteiger partial charge in [0.1, 0.15) is 29.5 Å². The molecular weight excluding hydrogens is 528 g/mol. The van der Waals surface area contributed by atoms with Crippen LogP contribution in [0.4, 0.5) is 5.69 Å². The fourth-order valence-electron chi connectivity index (χ4n) is 3.46. The van der Waals surface area contributed by atoms with Crippen LogP contribution in [-0.4, -0.2) is 53.6 Å². The minimum atomic E-state index is -4.62. The first kappa shape index (κ1) is 33.9. The SMILES string of the molecule is CC(=O)C(CCC(=O)C[C@@H](C)C(=O)N[C@@H](C)C(=O)Nc1ccc(COC(=O)CCC(C)(C)C)cc1)S(=O)(=O)O. The molecule has 0 heterocycles. The maximum atomic E-state index is 12.5. The third-order valence-electron chi connectivity index (χ3n) is 5.93. The number of hydrogen-bond acceptors (Lipinski definition) is 8. The Balaban J connectivity index is 2.50. The van der Waals surface area contributed by atoms with Crippen LogP contribution in [0.2, 0.25) is 0 Å². The van der Waals surface area contributed by atoms with Crippen LogP contribution in [0.25, 0.3) is 0 Å². The van der Waals surface area contributed by atoms with Gasteiger partial charge in [0.15, 0.2) is 0 Å². The van der Waals surface area contributed by atoms with Gasteiger partial charge in [-0.25, -0.2) is 0 Å². The lowest BCUT2D eigenvalue weighted by molar-refractivity contribution is -0.145. The van der Waals surface area contributed by atoms with Crippen molar-refractivity contribution in [3.05, 3.63) is 29.8 Å². The normalized spacial score (nSPS) is 14.0. The van der Waals surface area contributed by atoms with E-state index in [2.05, 4.69) is 10.6 Å². The maximum Gasteiger partial charge on any atom is 0.306 e. The zero-order valence-corrected chi connectivity index (χ0v) is 24.2. The number of ketones is 2. The molecule has 2 amide bonds. The smallest absolute Gasteiger partial charge is 0.306 e. The summed E-state index contributed by atoms with van der Waals surface area (Å²) in [6.45, 7) is 10.2. The molecule has 0 aliphatic rings. The van der Waals surface area contributed by atoms with Crippen LogP contribution >= 0.6 is 0 Å². The number of amides is 2. The van der Waals surface area contributed by atoms with Crippen LogP contribution in [0.15, 0.2) is 24.3 Å². The summed E-state index contributed by atoms with van der Waals surface area (Å²) in [7, 11) is -4.62. The van der Waals surface area contributed by atoms with Gasteiger partial charge < -0.3 is 15.4 Å². The molecule has 1 aromatic rings. The van der Waals surface area contributed by atoms with Gasteiger partial charge in [0.25, 0.3) is 10.1 Å². The summed E-state index contributed by atoms with van der Waals surface area (Å²) in [6.07, 6.45) is 0.155. The van der Waals surface area contributed by atoms with Crippen LogP contribution in [0.5, 0.6) is 0 Å². The van der Waals surface area contributed by atoms with Gasteiger partial charge in [-0.3, -0.25) is 28.5 Å². The first-order valence-corrected chi connectivity index (χ1v) is 14.2. The number of rotatable bonds is 15. The predicted molar refractivity (Wildman–Crippen MR) is 145 cm³/mol. The van der Waals surface area contributed by atoms with Crippen LogP contribution in [-0.2, 0) is 45.4 Å². The van der Waals surface area contributed by atoms with Gasteiger partial charge in [0.05, 0.1) is 0 Å². The van der Waals surface area contributed by atoms with Gasteiger partial charge in [-0.05, 0) is 49.8 Å². The van der Waals surface area contributed by atoms with Crippen LogP contribution < -0.4 is 10.6 Å². The monoisotopic (exact) mass is 568 g/mol. The molecule has 0 aromatic heterocycles. The molecule has 11 nitrogen and oxygen atoms in total. The van der Waals surface area contributed by atoms with Gasteiger partial charge in [-0.2, -0.15) is 8.42 Å². The van der Waals surface area contributed by atoms with Crippen molar-refractivity contribution in [1.29, 1.82) is 0 Å². The van der Waals surface area contributed by atoms with Crippen LogP contribution in [0.3, 0.4) is 0 Å². The summed E-state index contributed by atoms with van der Waals surface area (Å²) in [5.74, 6) is -3.35. The average molecular weight is 569 g/mol. The summed E-state index contributed by atoms with van der Waals surface area (Å²) >= 11 is 0. The summed E-state index contributed by atoms with van der Waals surface area (Å²) < 4.78 is 36.9. The van der Waals surface area contributed by atoms with Crippen molar-refractivity contribution in [1.82, 2.24) is 5.32 Å². The molecule has 0 saturated heterocycles. The van der Waals surface area contributed by atoms with E-state index in [1.54, 1.807) is 24.3 Å². The molecule has 0 bridgehead atoms. The molecule has 3 atom stereocenters. The Hall–Kier alpha value is -3.12. The highest BCUT2D eigenvalue weighted by Crippen LogP contribution is 2.21. The van der Waals surface area contributed by atoms with Crippen LogP contribution in [0, 0.1) is 11.3 Å². The van der Waals surface area contributed by atoms with E-state index in [9.17, 15) is 32.4 Å². The molecule has 0 radical (unpaired) electrons. The lowest BCUT2D eigenvalue weighted by Crippen LogP contribution is -2.44. The van der Waals surface area contributed by atoms with Crippen molar-refractivity contribution in [2.45, 2.75) is 91.5 Å². The number of benzene rings is 1. The summed E-state index contributed by atoms with van der Waals surface area (Å²) in [4.78, 5) is 60.4. The first-order chi connectivity index (χ1) is 17.9. The second kappa shape index (κ2) is 14.9. The van der Waals surface area contributed by atoms with Gasteiger partial charge in [0.2, 0.25) is 11.8 Å². The molecule has 218 valence electrons. The van der Waals surface area contributed by atoms with E-state index in [1.807, 2.05) is 20.8 Å². The van der Waals surface area contributed by atoms with Crippen molar-refractivity contribution in [2.75, 3.05) is 5.32 Å². The molecule has 1 rings (SSSR count). The predicted octanol–water partition coefficient (Wildman–Crippen LogP) is 3.22. The highest BCUT2D eigenvalue weighted by molar-refractivity contribution is 7.87. The third-order valence-corrected chi connectivity index (χ3v) is 7.22. The fourth-order valence-corrected chi connectivity index (χ4v) is 4.29. The van der Waals surface area contributed by atoms with Crippen molar-refractivity contribution in [3.8, 4) is 0 Å². The number of esters is 1. The maximum absolute atomic E-state index is 12.5. The Labute approximate surface area is 230 Å². The number of ether oxygens (including phenoxy) is 1. The Morgan fingerprint density at radius 1 is 0.974 bits per heavy atom. The number of Topliss-reactive ketones (excluding diaryl/α,β-unsaturated/α-hetero) is 2. The molecule has 0 aliphatic carbocycles. The van der Waals surface area contributed by atoms with Crippen molar-refractivity contribution < 1.29 is 41.7 Å². The van der Waals surface area contributed by atoms with E-state index >= 15 is 0 Å². The molecule has 0 fully saturated rings. The van der Waals surface area contributed by atoms with Crippen molar-refractivity contribution in [3.63, 3.8) is 0 Å². The molecule has 39 heavy (non-hydrogen) atoms. The van der Waals surface area contributed by atoms with E-state index in [-0.39, 0.29) is 37.3 Å². The topological polar surface area (TPSA) is 173 Å². The minimum Gasteiger partial charge on any atom is -0.461 e. The molecule has 0 aliphatic heterocycles. The number of anilines is 1. The van der Waals surface area contributed by atoms with Crippen molar-refractivity contribution >= 4 is 45.2 Å². The zero-order chi connectivity index (χ0) is 30.0. The molecular formula is C27H40N2O9S. The number of carbonyl (C=O) groups is 5. The number of carbonyl (C=O) groups excluding carboxylic acids is 5. The third kappa shape index (κ3) is 13.5. The zero-order valence-electron chi connectivity index (χ0n) is 23.4. The highest BCUT2D eigenvalue weighted by Gasteiger charge is 2.29. The lowest BCUT2D eigenvalue weighted by Gasteiger charge is -2.18. The summed E-state index contributed by atoms with van der Waals surface area (Å²) in [6, 6.07) is 5.80. The van der Waals surface area contributed by atoms with Gasteiger partial charge in [-0.15, -0.1) is 0 Å². The van der Waals surface area contributed by atoms with E-state index in [1.165, 1.54) is 13.8 Å². The van der Waals surface area contributed by atoms with E-state index in [4.69, 9.17) is 9.29 Å². The van der Waals surface area contributed by atoms with Gasteiger partial charge in [0, 0.05) is 30.9 Å². The first-order valence-electron chi connectivity index (χ1n) is 12.7. The standard InChI is InChI=1S/C27H40N2O9S/c1-17(15-22(31)11-12-23(19(3)30)39(35,36)37)25(33)28-18(2)26(34)29-21-9-7-20(8-10-21)16-38-24(32)13-14-27(4,5)6/h7-10,17-18,23H,11-16H2,1-6H3,(H,28,33)(H,29,34)(H,35,36,37)/t17-,18+,23?/m1/s1. The van der Waals surface area contributed by atoms with Gasteiger partial charge in [-0.1, -0.05) is 39.8 Å². The molecule has 12 heteroatoms. The second-order valence-corrected chi connectivity index (χ2v) is 12.5. The Morgan fingerprint density at radius 3 is 2.08 bits per heavy atom. The van der Waals surface area contributed by atoms with Crippen LogP contribution in [0.1, 0.15) is 79.2 Å². The highest BCUT2D eigenvalue weighted by atomic mass is 32.2. The fraction of sp³-hybridized carbons (Fsp3) is 0.593. The lowest BCUT2D eigenvalue weighted by atomic mass is 9.91. The Kier molecular flexibility index (Phi) is 12.9. The largest absolute Gasteiger partial charge is 0.461 e. The summed E-state index contributed by atoms with van der Waals surface area (Å²) in [5.41, 5.74) is 1.27. The minimum absolute atomic E-state index is 0.0417. The van der Waals surface area contributed by atoms with E-state index in [0.717, 1.165) is 18.9 Å². The average Bonchev–Trinajstić information content (AvgIpc) is 2.80. The summed E-state index contributed by atoms with van der Waals surface area (Å²) in [5, 5.41) is 3.52. The molecule has 0 saturated carbocycles. The Morgan fingerprint density at radius 2 is 1.56 bits per heavy atom. The van der Waals surface area contributed by atoms with E-state index in [0.29, 0.717) is 12.1 Å². The van der Waals surface area contributed by atoms with E-state index < -0.39 is 50.7 Å². The molecule has 3 N–H and O–H groups in total.